The van der Waals surface area contributed by atoms with Gasteiger partial charge in [0.05, 0.1) is 24.7 Å². The summed E-state index contributed by atoms with van der Waals surface area (Å²) in [7, 11) is 1.34. The molecule has 0 unspecified atom stereocenters. The van der Waals surface area contributed by atoms with Gasteiger partial charge in [-0.3, -0.25) is 0 Å². The van der Waals surface area contributed by atoms with Crippen LogP contribution in [0.3, 0.4) is 0 Å². The zero-order chi connectivity index (χ0) is 20.9. The van der Waals surface area contributed by atoms with Crippen LogP contribution < -0.4 is 4.74 Å². The van der Waals surface area contributed by atoms with E-state index in [1.807, 2.05) is 26.8 Å². The fraction of sp³-hybridized carbons (Fsp3) is 0.500. The normalized spacial score (nSPS) is 19.5. The smallest absolute Gasteiger partial charge is 0.391 e. The molecule has 0 bridgehead atoms. The second-order valence-electron chi connectivity index (χ2n) is 6.71. The topological polar surface area (TPSA) is 35.5 Å². The Labute approximate surface area is 163 Å². The molecule has 28 heavy (non-hydrogen) atoms. The molecule has 3 rings (SSSR count). The molecule has 6 heteroatoms. The summed E-state index contributed by atoms with van der Waals surface area (Å²) in [5.41, 5.74) is 1.34. The van der Waals surface area contributed by atoms with E-state index in [9.17, 15) is 18.0 Å². The Bertz CT molecular complexity index is 807. The molecule has 0 saturated heterocycles. The highest BCUT2D eigenvalue weighted by molar-refractivity contribution is 6.05. The van der Waals surface area contributed by atoms with Gasteiger partial charge in [-0.05, 0) is 67.1 Å². The second-order valence-corrected chi connectivity index (χ2v) is 6.71. The van der Waals surface area contributed by atoms with E-state index in [1.165, 1.54) is 7.11 Å². The second kappa shape index (κ2) is 9.30. The molecule has 154 valence electrons. The molecule has 0 spiro atoms. The average Bonchev–Trinajstić information content (AvgIpc) is 2.70. The Balaban J connectivity index is 0.00000136. The van der Waals surface area contributed by atoms with Crippen molar-refractivity contribution in [3.63, 3.8) is 0 Å². The summed E-state index contributed by atoms with van der Waals surface area (Å²) < 4.78 is 49.2. The van der Waals surface area contributed by atoms with E-state index in [0.29, 0.717) is 24.2 Å². The zero-order valence-electron chi connectivity index (χ0n) is 16.7. The van der Waals surface area contributed by atoms with Gasteiger partial charge in [0.25, 0.3) is 0 Å². The van der Waals surface area contributed by atoms with Gasteiger partial charge in [0.2, 0.25) is 0 Å². The molecule has 1 aliphatic carbocycles. The Morgan fingerprint density at radius 1 is 1.00 bits per heavy atom. The number of alkyl halides is 3. The number of ether oxygens (including phenoxy) is 2. The molecule has 0 atom stereocenters. The lowest BCUT2D eigenvalue weighted by atomic mass is 9.87. The Morgan fingerprint density at radius 2 is 1.64 bits per heavy atom. The van der Waals surface area contributed by atoms with Crippen molar-refractivity contribution in [3.05, 3.63) is 41.5 Å². The van der Waals surface area contributed by atoms with Gasteiger partial charge in [-0.2, -0.15) is 13.2 Å². The number of halogens is 3. The summed E-state index contributed by atoms with van der Waals surface area (Å²) in [6.45, 7) is 5.89. The maximum atomic E-state index is 12.8. The Kier molecular flexibility index (Phi) is 7.33. The van der Waals surface area contributed by atoms with Crippen molar-refractivity contribution in [2.24, 2.45) is 5.92 Å². The molecule has 0 aliphatic heterocycles. The predicted molar refractivity (Wildman–Crippen MR) is 104 cm³/mol. The van der Waals surface area contributed by atoms with E-state index in [1.54, 1.807) is 24.3 Å². The molecule has 1 aliphatic rings. The van der Waals surface area contributed by atoms with E-state index in [4.69, 9.17) is 9.47 Å². The zero-order valence-corrected chi connectivity index (χ0v) is 16.7. The van der Waals surface area contributed by atoms with Gasteiger partial charge >= 0.3 is 12.1 Å². The number of fused-ring (bicyclic) bond motifs is 1. The molecule has 3 nitrogen and oxygen atoms in total. The molecule has 0 radical (unpaired) electrons. The number of benzene rings is 2. The summed E-state index contributed by atoms with van der Waals surface area (Å²) in [5.74, 6) is -0.980. The number of hydrogen-bond acceptors (Lipinski definition) is 3. The van der Waals surface area contributed by atoms with Gasteiger partial charge in [-0.1, -0.05) is 26.0 Å². The molecule has 1 fully saturated rings. The van der Waals surface area contributed by atoms with E-state index in [2.05, 4.69) is 0 Å². The highest BCUT2D eigenvalue weighted by Crippen LogP contribution is 2.39. The average molecular weight is 396 g/mol. The number of aryl methyl sites for hydroxylation is 1. The predicted octanol–water partition coefficient (Wildman–Crippen LogP) is 6.46. The monoisotopic (exact) mass is 396 g/mol. The highest BCUT2D eigenvalue weighted by atomic mass is 19.4. The van der Waals surface area contributed by atoms with Gasteiger partial charge < -0.3 is 9.47 Å². The van der Waals surface area contributed by atoms with Crippen molar-refractivity contribution in [1.82, 2.24) is 0 Å². The summed E-state index contributed by atoms with van der Waals surface area (Å²) in [6.07, 6.45) is -3.34. The Hall–Kier alpha value is -2.24. The van der Waals surface area contributed by atoms with Gasteiger partial charge in [0.15, 0.2) is 0 Å². The molecule has 0 heterocycles. The number of carbonyl (C=O) groups is 1. The third-order valence-electron chi connectivity index (χ3n) is 5.12. The third-order valence-corrected chi connectivity index (χ3v) is 5.12. The molecular weight excluding hydrogens is 369 g/mol. The molecule has 2 aromatic rings. The molecule has 0 aromatic heterocycles. The lowest BCUT2D eigenvalue weighted by Gasteiger charge is -2.30. The molecule has 2 aromatic carbocycles. The standard InChI is InChI=1S/C20H21F3O3.C2H6/c1-12-15-4-3-5-17(19(24)25-2)16(15)10-11-18(12)26-14-8-6-13(7-9-14)20(21,22)23;1-2/h3-5,10-11,13-14H,6-9H2,1-2H3;1-2H3. The largest absolute Gasteiger partial charge is 0.490 e. The van der Waals surface area contributed by atoms with E-state index < -0.39 is 18.1 Å². The minimum atomic E-state index is -4.12. The van der Waals surface area contributed by atoms with Crippen LogP contribution in [0, 0.1) is 12.8 Å². The molecular formula is C22H27F3O3. The van der Waals surface area contributed by atoms with Crippen molar-refractivity contribution in [3.8, 4) is 5.75 Å². The summed E-state index contributed by atoms with van der Waals surface area (Å²) in [4.78, 5) is 11.9. The van der Waals surface area contributed by atoms with E-state index in [-0.39, 0.29) is 18.9 Å². The summed E-state index contributed by atoms with van der Waals surface area (Å²) in [5, 5.41) is 1.64. The summed E-state index contributed by atoms with van der Waals surface area (Å²) >= 11 is 0. The first-order valence-corrected chi connectivity index (χ1v) is 9.65. The van der Waals surface area contributed by atoms with Crippen LogP contribution in [0.1, 0.15) is 55.5 Å². The van der Waals surface area contributed by atoms with Crippen LogP contribution in [-0.2, 0) is 4.74 Å². The fourth-order valence-corrected chi connectivity index (χ4v) is 3.59. The van der Waals surface area contributed by atoms with Crippen molar-refractivity contribution in [1.29, 1.82) is 0 Å². The minimum Gasteiger partial charge on any atom is -0.490 e. The summed E-state index contributed by atoms with van der Waals surface area (Å²) in [6, 6.07) is 8.95. The van der Waals surface area contributed by atoms with Crippen LogP contribution >= 0.6 is 0 Å². The highest BCUT2D eigenvalue weighted by Gasteiger charge is 2.41. The minimum absolute atomic E-state index is 0.104. The maximum Gasteiger partial charge on any atom is 0.391 e. The number of hydrogen-bond donors (Lipinski definition) is 0. The number of carbonyl (C=O) groups excluding carboxylic acids is 1. The molecule has 1 saturated carbocycles. The van der Waals surface area contributed by atoms with Crippen molar-refractivity contribution in [2.45, 2.75) is 58.7 Å². The van der Waals surface area contributed by atoms with E-state index >= 15 is 0 Å². The van der Waals surface area contributed by atoms with Crippen molar-refractivity contribution >= 4 is 16.7 Å². The number of rotatable bonds is 3. The van der Waals surface area contributed by atoms with Crippen molar-refractivity contribution < 1.29 is 27.4 Å². The van der Waals surface area contributed by atoms with Crippen LogP contribution in [0.5, 0.6) is 5.75 Å². The third kappa shape index (κ3) is 4.78. The van der Waals surface area contributed by atoms with Gasteiger partial charge in [-0.25, -0.2) is 4.79 Å². The molecule has 0 N–H and O–H groups in total. The molecule has 0 amide bonds. The lowest BCUT2D eigenvalue weighted by Crippen LogP contribution is -2.32. The van der Waals surface area contributed by atoms with Crippen LogP contribution in [0.2, 0.25) is 0 Å². The van der Waals surface area contributed by atoms with Crippen LogP contribution in [-0.4, -0.2) is 25.4 Å². The SMILES string of the molecule is CC.COC(=O)c1cccc2c(C)c(OC3CCC(C(F)(F)F)CC3)ccc12. The first-order valence-electron chi connectivity index (χ1n) is 9.65. The fourth-order valence-electron chi connectivity index (χ4n) is 3.59. The van der Waals surface area contributed by atoms with Gasteiger partial charge in [-0.15, -0.1) is 0 Å². The van der Waals surface area contributed by atoms with Gasteiger partial charge in [0.1, 0.15) is 5.75 Å². The van der Waals surface area contributed by atoms with Crippen molar-refractivity contribution in [2.75, 3.05) is 7.11 Å². The lowest BCUT2D eigenvalue weighted by molar-refractivity contribution is -0.185. The van der Waals surface area contributed by atoms with Crippen LogP contribution in [0.4, 0.5) is 13.2 Å². The number of esters is 1. The quantitative estimate of drug-likeness (QED) is 0.559. The van der Waals surface area contributed by atoms with Gasteiger partial charge in [0, 0.05) is 0 Å². The first kappa shape index (κ1) is 22.1. The first-order chi connectivity index (χ1) is 13.3. The van der Waals surface area contributed by atoms with Crippen LogP contribution in [0.15, 0.2) is 30.3 Å². The number of methoxy groups -OCH3 is 1. The van der Waals surface area contributed by atoms with E-state index in [0.717, 1.165) is 16.3 Å². The van der Waals surface area contributed by atoms with Crippen LogP contribution in [0.25, 0.3) is 10.8 Å². The maximum absolute atomic E-state index is 12.8. The Morgan fingerprint density at radius 3 is 2.21 bits per heavy atom.